The van der Waals surface area contributed by atoms with Crippen molar-refractivity contribution in [2.75, 3.05) is 7.05 Å². The lowest BCUT2D eigenvalue weighted by atomic mass is 9.80. The van der Waals surface area contributed by atoms with Crippen LogP contribution in [-0.2, 0) is 14.6 Å². The molecular formula is C22H24ClNO4S. The third-order valence-electron chi connectivity index (χ3n) is 6.16. The van der Waals surface area contributed by atoms with Crippen LogP contribution < -0.4 is 4.74 Å². The van der Waals surface area contributed by atoms with Crippen LogP contribution in [0.2, 0.25) is 5.02 Å². The fourth-order valence-corrected chi connectivity index (χ4v) is 6.40. The molecule has 0 spiro atoms. The van der Waals surface area contributed by atoms with E-state index in [-0.39, 0.29) is 4.90 Å². The van der Waals surface area contributed by atoms with E-state index in [9.17, 15) is 13.2 Å². The van der Waals surface area contributed by atoms with Gasteiger partial charge in [-0.15, -0.1) is 0 Å². The summed E-state index contributed by atoms with van der Waals surface area (Å²) >= 11 is 6.18. The molecule has 2 aliphatic rings. The fourth-order valence-electron chi connectivity index (χ4n) is 4.31. The van der Waals surface area contributed by atoms with E-state index in [2.05, 4.69) is 0 Å². The first kappa shape index (κ1) is 20.2. The van der Waals surface area contributed by atoms with Gasteiger partial charge in [-0.2, -0.15) is 0 Å². The van der Waals surface area contributed by atoms with Gasteiger partial charge in [0.05, 0.1) is 4.90 Å². The second-order valence-electron chi connectivity index (χ2n) is 8.36. The Labute approximate surface area is 176 Å². The number of sulfone groups is 1. The summed E-state index contributed by atoms with van der Waals surface area (Å²) in [6.07, 6.45) is 0.385. The zero-order chi connectivity index (χ0) is 21.1. The van der Waals surface area contributed by atoms with Crippen molar-refractivity contribution in [3.8, 4) is 5.75 Å². The number of hydrogen-bond donors (Lipinski definition) is 0. The van der Waals surface area contributed by atoms with Crippen molar-refractivity contribution < 1.29 is 17.9 Å². The molecule has 154 valence electrons. The number of rotatable bonds is 3. The number of carbonyl (C=O) groups is 1. The van der Waals surface area contributed by atoms with Crippen molar-refractivity contribution >= 4 is 27.3 Å². The first-order chi connectivity index (χ1) is 13.5. The van der Waals surface area contributed by atoms with Crippen LogP contribution in [0, 0.1) is 0 Å². The molecule has 1 fully saturated rings. The zero-order valence-electron chi connectivity index (χ0n) is 16.8. The van der Waals surface area contributed by atoms with Gasteiger partial charge >= 0.3 is 0 Å². The van der Waals surface area contributed by atoms with Gasteiger partial charge in [-0.25, -0.2) is 8.42 Å². The third-order valence-corrected chi connectivity index (χ3v) is 8.52. The summed E-state index contributed by atoms with van der Waals surface area (Å²) in [5.74, 6) is -0.120. The van der Waals surface area contributed by atoms with Crippen molar-refractivity contribution in [3.63, 3.8) is 0 Å². The van der Waals surface area contributed by atoms with E-state index >= 15 is 0 Å². The van der Waals surface area contributed by atoms with Crippen molar-refractivity contribution in [2.45, 2.75) is 54.9 Å². The van der Waals surface area contributed by atoms with E-state index in [0.29, 0.717) is 28.7 Å². The Morgan fingerprint density at radius 2 is 1.83 bits per heavy atom. The quantitative estimate of drug-likeness (QED) is 0.721. The molecule has 3 atom stereocenters. The number of hydrogen-bond acceptors (Lipinski definition) is 4. The molecule has 2 bridgehead atoms. The number of benzene rings is 2. The van der Waals surface area contributed by atoms with Gasteiger partial charge in [0.15, 0.2) is 20.8 Å². The number of carbonyl (C=O) groups excluding carboxylic acids is 1. The molecule has 7 heteroatoms. The minimum absolute atomic E-state index is 0.160. The summed E-state index contributed by atoms with van der Waals surface area (Å²) in [6.45, 7) is 5.91. The number of amides is 1. The van der Waals surface area contributed by atoms with Crippen LogP contribution in [0.25, 0.3) is 0 Å². The van der Waals surface area contributed by atoms with Crippen LogP contribution in [0.1, 0.15) is 50.2 Å². The molecule has 4 rings (SSSR count). The topological polar surface area (TPSA) is 63.7 Å². The van der Waals surface area contributed by atoms with Crippen LogP contribution in [0.5, 0.6) is 5.75 Å². The highest BCUT2D eigenvalue weighted by atomic mass is 35.5. The summed E-state index contributed by atoms with van der Waals surface area (Å²) in [5.41, 5.74) is 0.825. The van der Waals surface area contributed by atoms with E-state index in [0.717, 1.165) is 5.56 Å². The Balaban J connectivity index is 1.85. The molecule has 1 saturated heterocycles. The lowest BCUT2D eigenvalue weighted by molar-refractivity contribution is -0.159. The van der Waals surface area contributed by atoms with Gasteiger partial charge in [0.2, 0.25) is 5.91 Å². The second kappa shape index (κ2) is 6.74. The van der Waals surface area contributed by atoms with Gasteiger partial charge in [-0.3, -0.25) is 4.79 Å². The van der Waals surface area contributed by atoms with Crippen LogP contribution in [0.15, 0.2) is 47.4 Å². The number of fused-ring (bicyclic) bond motifs is 4. The van der Waals surface area contributed by atoms with Gasteiger partial charge in [-0.05, 0) is 48.7 Å². The van der Waals surface area contributed by atoms with E-state index in [1.807, 2.05) is 32.9 Å². The summed E-state index contributed by atoms with van der Waals surface area (Å²) < 4.78 is 33.3. The monoisotopic (exact) mass is 433 g/mol. The third kappa shape index (κ3) is 3.13. The highest BCUT2D eigenvalue weighted by Gasteiger charge is 2.57. The zero-order valence-corrected chi connectivity index (χ0v) is 18.4. The van der Waals surface area contributed by atoms with Crippen molar-refractivity contribution in [1.82, 2.24) is 4.90 Å². The molecule has 5 nitrogen and oxygen atoms in total. The van der Waals surface area contributed by atoms with Crippen molar-refractivity contribution in [1.29, 1.82) is 0 Å². The molecule has 2 heterocycles. The van der Waals surface area contributed by atoms with Crippen molar-refractivity contribution in [3.05, 3.63) is 58.6 Å². The maximum atomic E-state index is 13.6. The predicted octanol–water partition coefficient (Wildman–Crippen LogP) is 4.36. The summed E-state index contributed by atoms with van der Waals surface area (Å²) in [4.78, 5) is 14.8. The maximum absolute atomic E-state index is 13.6. The Hall–Kier alpha value is -2.05. The standard InChI is InChI=1S/C22H24ClNO4S/c1-13(2)14-5-8-16(9-6-14)29(26,27)20-18-12-22(3,24(4)21(20)25)28-19-10-7-15(23)11-17(18)19/h5-11,13,18,20H,12H2,1-4H3. The Bertz CT molecular complexity index is 1080. The molecule has 29 heavy (non-hydrogen) atoms. The molecule has 2 aliphatic heterocycles. The highest BCUT2D eigenvalue weighted by Crippen LogP contribution is 2.50. The molecule has 2 aromatic rings. The molecule has 0 N–H and O–H groups in total. The Kier molecular flexibility index (Phi) is 4.70. The smallest absolute Gasteiger partial charge is 0.244 e. The average molecular weight is 434 g/mol. The normalized spacial score (nSPS) is 26.3. The lowest BCUT2D eigenvalue weighted by Crippen LogP contribution is -2.64. The minimum Gasteiger partial charge on any atom is -0.468 e. The minimum atomic E-state index is -3.91. The first-order valence-electron chi connectivity index (χ1n) is 9.64. The van der Waals surface area contributed by atoms with E-state index < -0.39 is 32.6 Å². The van der Waals surface area contributed by atoms with Crippen LogP contribution >= 0.6 is 11.6 Å². The van der Waals surface area contributed by atoms with Crippen LogP contribution in [0.3, 0.4) is 0 Å². The molecular weight excluding hydrogens is 410 g/mol. The summed E-state index contributed by atoms with van der Waals surface area (Å²) in [5, 5.41) is -0.730. The Morgan fingerprint density at radius 1 is 1.17 bits per heavy atom. The average Bonchev–Trinajstić information content (AvgIpc) is 2.67. The van der Waals surface area contributed by atoms with Gasteiger partial charge in [0.1, 0.15) is 5.75 Å². The summed E-state index contributed by atoms with van der Waals surface area (Å²) in [6, 6.07) is 12.0. The van der Waals surface area contributed by atoms with Gasteiger partial charge in [0.25, 0.3) is 0 Å². The summed E-state index contributed by atoms with van der Waals surface area (Å²) in [7, 11) is -2.31. The molecule has 0 aliphatic carbocycles. The van der Waals surface area contributed by atoms with Gasteiger partial charge in [-0.1, -0.05) is 37.6 Å². The maximum Gasteiger partial charge on any atom is 0.244 e. The lowest BCUT2D eigenvalue weighted by Gasteiger charge is -2.51. The number of halogens is 1. The number of likely N-dealkylation sites (tertiary alicyclic amines) is 1. The van der Waals surface area contributed by atoms with E-state index in [1.54, 1.807) is 37.4 Å². The van der Waals surface area contributed by atoms with Crippen LogP contribution in [-0.4, -0.2) is 37.2 Å². The second-order valence-corrected chi connectivity index (χ2v) is 10.9. The molecule has 3 unspecified atom stereocenters. The molecule has 0 radical (unpaired) electrons. The largest absolute Gasteiger partial charge is 0.468 e. The predicted molar refractivity (Wildman–Crippen MR) is 112 cm³/mol. The number of piperidine rings is 1. The molecule has 0 aromatic heterocycles. The van der Waals surface area contributed by atoms with E-state index in [4.69, 9.17) is 16.3 Å². The van der Waals surface area contributed by atoms with Crippen LogP contribution in [0.4, 0.5) is 0 Å². The SMILES string of the molecule is CC(C)c1ccc(S(=O)(=O)C2C(=O)N(C)C3(C)CC2c2cc(Cl)ccc2O3)cc1. The fraction of sp³-hybridized carbons (Fsp3) is 0.409. The molecule has 0 saturated carbocycles. The van der Waals surface area contributed by atoms with Gasteiger partial charge < -0.3 is 9.64 Å². The Morgan fingerprint density at radius 3 is 2.45 bits per heavy atom. The molecule has 1 amide bonds. The van der Waals surface area contributed by atoms with Gasteiger partial charge in [0, 0.05) is 30.0 Å². The first-order valence-corrected chi connectivity index (χ1v) is 11.6. The molecule has 2 aromatic carbocycles. The number of nitrogens with zero attached hydrogens (tertiary/aromatic N) is 1. The highest BCUT2D eigenvalue weighted by molar-refractivity contribution is 7.92. The van der Waals surface area contributed by atoms with E-state index in [1.165, 1.54) is 4.90 Å². The number of ether oxygens (including phenoxy) is 1. The van der Waals surface area contributed by atoms with Crippen molar-refractivity contribution in [2.24, 2.45) is 0 Å².